The summed E-state index contributed by atoms with van der Waals surface area (Å²) in [4.78, 5) is 23.4. The van der Waals surface area contributed by atoms with E-state index in [1.165, 1.54) is 35.6 Å². The summed E-state index contributed by atoms with van der Waals surface area (Å²) in [5.74, 6) is -1.22. The van der Waals surface area contributed by atoms with Crippen LogP contribution in [0.2, 0.25) is 0 Å². The number of likely N-dealkylation sites (N-methyl/N-ethyl adjacent to an activating group) is 1. The zero-order valence-electron chi connectivity index (χ0n) is 15.9. The van der Waals surface area contributed by atoms with E-state index in [1.807, 2.05) is 13.0 Å². The Morgan fingerprint density at radius 2 is 1.79 bits per heavy atom. The Bertz CT molecular complexity index is 913. The Hall–Kier alpha value is -2.87. The van der Waals surface area contributed by atoms with Crippen LogP contribution in [0.4, 0.5) is 5.69 Å². The van der Waals surface area contributed by atoms with E-state index in [0.29, 0.717) is 18.7 Å². The fourth-order valence-electron chi connectivity index (χ4n) is 2.48. The number of nitrogens with one attached hydrogen (secondary N) is 1. The molecule has 0 aliphatic heterocycles. The minimum absolute atomic E-state index is 0.0122. The van der Waals surface area contributed by atoms with Gasteiger partial charge in [-0.2, -0.15) is 0 Å². The van der Waals surface area contributed by atoms with Gasteiger partial charge in [0.15, 0.2) is 6.61 Å². The molecule has 2 rings (SSSR count). The Kier molecular flexibility index (Phi) is 7.57. The molecular formula is C20H24N2O5S. The van der Waals surface area contributed by atoms with Gasteiger partial charge in [-0.05, 0) is 36.8 Å². The second kappa shape index (κ2) is 9.89. The number of amides is 1. The number of nitrogens with zero attached hydrogens (tertiary/aromatic N) is 1. The molecule has 0 heterocycles. The first-order valence-electron chi connectivity index (χ1n) is 8.95. The molecule has 0 saturated carbocycles. The predicted octanol–water partition coefficient (Wildman–Crippen LogP) is 2.58. The topological polar surface area (TPSA) is 92.8 Å². The van der Waals surface area contributed by atoms with Crippen molar-refractivity contribution < 1.29 is 22.7 Å². The number of anilines is 1. The first-order chi connectivity index (χ1) is 13.4. The molecule has 0 spiro atoms. The average molecular weight is 404 g/mol. The van der Waals surface area contributed by atoms with Crippen molar-refractivity contribution in [3.63, 3.8) is 0 Å². The summed E-state index contributed by atoms with van der Waals surface area (Å²) < 4.78 is 32.7. The largest absolute Gasteiger partial charge is 0.452 e. The molecule has 0 aliphatic rings. The van der Waals surface area contributed by atoms with E-state index in [9.17, 15) is 18.0 Å². The summed E-state index contributed by atoms with van der Waals surface area (Å²) in [7, 11) is -2.44. The maximum atomic E-state index is 13.2. The number of ether oxygens (including phenoxy) is 1. The normalized spacial score (nSPS) is 10.9. The Labute approximate surface area is 165 Å². The number of carbonyl (C=O) groups excluding carboxylic acids is 2. The van der Waals surface area contributed by atoms with Crippen LogP contribution in [0, 0.1) is 0 Å². The van der Waals surface area contributed by atoms with Crippen molar-refractivity contribution >= 4 is 27.6 Å². The van der Waals surface area contributed by atoms with Gasteiger partial charge in [-0.15, -0.1) is 0 Å². The summed E-state index contributed by atoms with van der Waals surface area (Å²) in [5.41, 5.74) is 0.622. The zero-order valence-corrected chi connectivity index (χ0v) is 16.7. The quantitative estimate of drug-likeness (QED) is 0.649. The fourth-order valence-corrected chi connectivity index (χ4v) is 4.03. The summed E-state index contributed by atoms with van der Waals surface area (Å²) in [6.07, 6.45) is 1.53. The lowest BCUT2D eigenvalue weighted by molar-refractivity contribution is -0.123. The maximum absolute atomic E-state index is 13.2. The van der Waals surface area contributed by atoms with Crippen molar-refractivity contribution in [1.29, 1.82) is 0 Å². The van der Waals surface area contributed by atoms with E-state index in [0.717, 1.165) is 6.42 Å². The summed E-state index contributed by atoms with van der Waals surface area (Å²) in [5, 5.41) is 2.34. The van der Waals surface area contributed by atoms with Crippen molar-refractivity contribution in [2.45, 2.75) is 24.7 Å². The van der Waals surface area contributed by atoms with Crippen LogP contribution in [0.3, 0.4) is 0 Å². The first-order valence-corrected chi connectivity index (χ1v) is 10.4. The minimum Gasteiger partial charge on any atom is -0.452 e. The van der Waals surface area contributed by atoms with Crippen molar-refractivity contribution in [2.75, 3.05) is 24.5 Å². The molecule has 0 unspecified atom stereocenters. The van der Waals surface area contributed by atoms with Gasteiger partial charge in [-0.1, -0.05) is 37.6 Å². The van der Waals surface area contributed by atoms with Gasteiger partial charge in [0, 0.05) is 13.6 Å². The standard InChI is InChI=1S/C20H24N2O5S/c1-3-4-13-22(17-10-6-5-7-11-17)28(25,26)18-12-8-9-16(14-18)20(24)27-15-19(23)21-2/h5-12,14H,3-4,13,15H2,1-2H3,(H,21,23). The lowest BCUT2D eigenvalue weighted by Crippen LogP contribution is -2.32. The highest BCUT2D eigenvalue weighted by atomic mass is 32.2. The second-order valence-corrected chi connectivity index (χ2v) is 7.91. The highest BCUT2D eigenvalue weighted by Crippen LogP contribution is 2.25. The number of esters is 1. The highest BCUT2D eigenvalue weighted by molar-refractivity contribution is 7.92. The molecule has 8 heteroatoms. The maximum Gasteiger partial charge on any atom is 0.338 e. The molecule has 1 N–H and O–H groups in total. The number of benzene rings is 2. The van der Waals surface area contributed by atoms with E-state index >= 15 is 0 Å². The van der Waals surface area contributed by atoms with Crippen LogP contribution in [-0.2, 0) is 19.6 Å². The van der Waals surface area contributed by atoms with Gasteiger partial charge in [0.05, 0.1) is 16.1 Å². The molecule has 2 aromatic rings. The van der Waals surface area contributed by atoms with E-state index in [4.69, 9.17) is 4.74 Å². The molecular weight excluding hydrogens is 380 g/mol. The van der Waals surface area contributed by atoms with Gasteiger partial charge in [0.1, 0.15) is 0 Å². The van der Waals surface area contributed by atoms with Crippen molar-refractivity contribution in [2.24, 2.45) is 0 Å². The average Bonchev–Trinajstić information content (AvgIpc) is 2.72. The monoisotopic (exact) mass is 404 g/mol. The van der Waals surface area contributed by atoms with Gasteiger partial charge in [0.2, 0.25) is 0 Å². The van der Waals surface area contributed by atoms with Crippen molar-refractivity contribution in [3.05, 3.63) is 60.2 Å². The van der Waals surface area contributed by atoms with Crippen molar-refractivity contribution in [1.82, 2.24) is 5.32 Å². The van der Waals surface area contributed by atoms with E-state index in [-0.39, 0.29) is 10.5 Å². The lowest BCUT2D eigenvalue weighted by Gasteiger charge is -2.24. The van der Waals surface area contributed by atoms with Crippen LogP contribution in [0.1, 0.15) is 30.1 Å². The zero-order chi connectivity index (χ0) is 20.6. The van der Waals surface area contributed by atoms with E-state index in [2.05, 4.69) is 5.32 Å². The van der Waals surface area contributed by atoms with Crippen LogP contribution >= 0.6 is 0 Å². The smallest absolute Gasteiger partial charge is 0.338 e. The molecule has 0 atom stereocenters. The summed E-state index contributed by atoms with van der Waals surface area (Å²) in [6.45, 7) is 1.88. The number of hydrogen-bond donors (Lipinski definition) is 1. The molecule has 0 fully saturated rings. The molecule has 0 bridgehead atoms. The molecule has 0 aromatic heterocycles. The van der Waals surface area contributed by atoms with Gasteiger partial charge in [0.25, 0.3) is 15.9 Å². The molecule has 0 radical (unpaired) electrons. The third-order valence-electron chi connectivity index (χ3n) is 4.03. The number of carbonyl (C=O) groups is 2. The lowest BCUT2D eigenvalue weighted by atomic mass is 10.2. The number of para-hydroxylation sites is 1. The van der Waals surface area contributed by atoms with Gasteiger partial charge in [-0.3, -0.25) is 9.10 Å². The molecule has 0 saturated heterocycles. The number of unbranched alkanes of at least 4 members (excludes halogenated alkanes) is 1. The molecule has 0 aliphatic carbocycles. The van der Waals surface area contributed by atoms with Crippen LogP contribution in [-0.4, -0.2) is 40.5 Å². The summed E-state index contributed by atoms with van der Waals surface area (Å²) >= 11 is 0. The second-order valence-electron chi connectivity index (χ2n) is 6.04. The molecule has 7 nitrogen and oxygen atoms in total. The number of sulfonamides is 1. The Morgan fingerprint density at radius 3 is 2.43 bits per heavy atom. The number of hydrogen-bond acceptors (Lipinski definition) is 5. The SMILES string of the molecule is CCCCN(c1ccccc1)S(=O)(=O)c1cccc(C(=O)OCC(=O)NC)c1. The third kappa shape index (κ3) is 5.32. The third-order valence-corrected chi connectivity index (χ3v) is 5.85. The summed E-state index contributed by atoms with van der Waals surface area (Å²) in [6, 6.07) is 14.5. The predicted molar refractivity (Wildman–Crippen MR) is 107 cm³/mol. The van der Waals surface area contributed by atoms with E-state index in [1.54, 1.807) is 24.3 Å². The molecule has 28 heavy (non-hydrogen) atoms. The van der Waals surface area contributed by atoms with Gasteiger partial charge in [-0.25, -0.2) is 13.2 Å². The van der Waals surface area contributed by atoms with Crippen LogP contribution < -0.4 is 9.62 Å². The highest BCUT2D eigenvalue weighted by Gasteiger charge is 2.25. The minimum atomic E-state index is -3.87. The molecule has 2 aromatic carbocycles. The van der Waals surface area contributed by atoms with E-state index < -0.39 is 28.5 Å². The van der Waals surface area contributed by atoms with Crippen molar-refractivity contribution in [3.8, 4) is 0 Å². The number of rotatable bonds is 9. The van der Waals surface area contributed by atoms with Gasteiger partial charge >= 0.3 is 5.97 Å². The Morgan fingerprint density at radius 1 is 1.07 bits per heavy atom. The molecule has 1 amide bonds. The molecule has 150 valence electrons. The van der Waals surface area contributed by atoms with Gasteiger partial charge < -0.3 is 10.1 Å². The first kappa shape index (κ1) is 21.4. The van der Waals surface area contributed by atoms with Crippen LogP contribution in [0.5, 0.6) is 0 Å². The fraction of sp³-hybridized carbons (Fsp3) is 0.300. The van der Waals surface area contributed by atoms with Crippen LogP contribution in [0.25, 0.3) is 0 Å². The van der Waals surface area contributed by atoms with Crippen LogP contribution in [0.15, 0.2) is 59.5 Å². The Balaban J connectivity index is 2.32.